The van der Waals surface area contributed by atoms with Crippen LogP contribution in [0, 0.1) is 64.5 Å². The van der Waals surface area contributed by atoms with Gasteiger partial charge in [0.25, 0.3) is 0 Å². The monoisotopic (exact) mass is 2010 g/mol. The Kier molecular flexibility index (Phi) is 41.2. The maximum atomic E-state index is 13.2. The number of nitrogens with zero attached hydrogens (tertiary/aromatic N) is 6. The third kappa shape index (κ3) is 36.2. The lowest BCUT2D eigenvalue weighted by molar-refractivity contribution is -0.126. The number of nitrogens with one attached hydrogen (secondary N) is 7. The Morgan fingerprint density at radius 2 is 0.701 bits per heavy atom. The first-order valence-corrected chi connectivity index (χ1v) is 56.1. The number of carbonyl (C=O) groups is 6. The molecule has 1 amide bonds. The molecule has 25 nitrogen and oxygen atoms in total. The van der Waals surface area contributed by atoms with Gasteiger partial charge in [-0.05, 0) is 359 Å². The zero-order chi connectivity index (χ0) is 102. The standard InChI is InChI=1S/C22H25FN2O2.C22H26N2O2.C21H30N2O2.C20H30N2O2.C19H28N2O2.C17H25N3O2/c23-18-5-1-4-16(9-18)22(26)6-2-3-15-11-21(15)17-10-20(13-24-12-17)27-14-19-7-8-25-19;25-22(16-5-2-1-3-6-16)8-4-7-17-12-21(17)18-11-20(14-23-13-18)26-15-19-9-10-24-19;24-21(15-4-1-2-5-15)7-3-6-16-11-20(16)17-10-19(13-22-12-17)25-14-18-8-9-23-18;1-20(2,3)19(23)6-4-5-14-10-18(14)15-9-17(12-21-11-15)24-13-16-7-8-22-16;1-13(2)19(22)5-3-4-14-9-18(14)15-8-17(11-20-10-15)23-12-16-6-7-21-16;1-12(21)19-4-2-14-8-15(14)6-13-7-17(10-18-9-13)22-11-16-3-5-20-16/h1,4-5,9-10,12-13,15,19,21,25H,2-3,6-8,11,14H2;1-3,5-6,11,13-14,17,19,21,24H,4,7-10,12,15H2;10,12-13,15-16,18,20,23H,1-9,11,14H2;9,11-12,14,16,18,22H,4-8,10,13H2,1-3H3;8,10-11,13-14,16,18,21H,3-7,9,12H2,1-2H3;7,9-10,14-16,20H,2-6,8,11H2,1H3,(H,19,21)/t15-,19-,21-;17-,19-,21-;16-,18-,20-;2*14-,16-,18-;14-,15-,16+/m000001/s1. The fraction of sp³-hybridized carbons (Fsp3) is 0.603. The van der Waals surface area contributed by atoms with E-state index in [0.29, 0.717) is 138 Å². The van der Waals surface area contributed by atoms with Gasteiger partial charge >= 0.3 is 0 Å². The molecule has 7 aliphatic carbocycles. The number of rotatable bonds is 52. The first-order valence-electron chi connectivity index (χ1n) is 56.1. The van der Waals surface area contributed by atoms with E-state index >= 15 is 0 Å². The average molecular weight is 2010 g/mol. The fourth-order valence-corrected chi connectivity index (χ4v) is 21.2. The molecular weight excluding hydrogens is 1850 g/mol. The van der Waals surface area contributed by atoms with Crippen LogP contribution in [0.5, 0.6) is 34.5 Å². The van der Waals surface area contributed by atoms with Crippen molar-refractivity contribution in [3.05, 3.63) is 216 Å². The van der Waals surface area contributed by atoms with E-state index in [1.165, 1.54) is 135 Å². The van der Waals surface area contributed by atoms with Crippen LogP contribution in [-0.4, -0.2) is 186 Å². The van der Waals surface area contributed by atoms with Gasteiger partial charge in [0, 0.05) is 147 Å². The Morgan fingerprint density at radius 3 is 1.04 bits per heavy atom. The summed E-state index contributed by atoms with van der Waals surface area (Å²) in [6, 6.07) is 31.4. The van der Waals surface area contributed by atoms with Gasteiger partial charge in [-0.2, -0.15) is 0 Å². The van der Waals surface area contributed by atoms with Crippen molar-refractivity contribution >= 4 is 34.8 Å². The molecule has 0 bridgehead atoms. The zero-order valence-electron chi connectivity index (χ0n) is 88.1. The smallest absolute Gasteiger partial charge is 0.216 e. The Hall–Kier alpha value is -10.4. The van der Waals surface area contributed by atoms with Crippen LogP contribution in [0.2, 0.25) is 0 Å². The van der Waals surface area contributed by atoms with Crippen LogP contribution in [0.1, 0.15) is 331 Å². The maximum Gasteiger partial charge on any atom is 0.216 e. The van der Waals surface area contributed by atoms with Crippen molar-refractivity contribution in [1.29, 1.82) is 0 Å². The lowest BCUT2D eigenvalue weighted by Gasteiger charge is -2.27. The second-order valence-electron chi connectivity index (χ2n) is 45.5. The Bertz CT molecular complexity index is 5480. The molecule has 0 unspecified atom stereocenters. The van der Waals surface area contributed by atoms with Crippen LogP contribution in [-0.2, 0) is 25.6 Å². The summed E-state index contributed by atoms with van der Waals surface area (Å²) in [5.41, 5.74) is 8.77. The number of ether oxygens (including phenoxy) is 6. The number of amides is 1. The van der Waals surface area contributed by atoms with E-state index in [9.17, 15) is 33.2 Å². The predicted octanol–water partition coefficient (Wildman–Crippen LogP) is 20.5. The van der Waals surface area contributed by atoms with E-state index in [2.05, 4.69) is 104 Å². The average Bonchev–Trinajstić information content (AvgIpc) is 1.66. The normalized spacial score (nSPS) is 25.6. The highest BCUT2D eigenvalue weighted by atomic mass is 19.1. The molecule has 12 heterocycles. The summed E-state index contributed by atoms with van der Waals surface area (Å²) in [7, 11) is 0. The Morgan fingerprint density at radius 1 is 0.367 bits per heavy atom. The number of aromatic nitrogens is 6. The minimum absolute atomic E-state index is 0.0216. The molecule has 0 spiro atoms. The van der Waals surface area contributed by atoms with Gasteiger partial charge in [0.15, 0.2) is 11.6 Å². The number of pyridine rings is 6. The van der Waals surface area contributed by atoms with E-state index in [1.807, 2.05) is 115 Å². The predicted molar refractivity (Wildman–Crippen MR) is 572 cm³/mol. The van der Waals surface area contributed by atoms with Gasteiger partial charge in [0.1, 0.15) is 97.3 Å². The number of benzene rings is 2. The first-order chi connectivity index (χ1) is 71.5. The molecule has 6 saturated heterocycles. The minimum Gasteiger partial charge on any atom is -0.490 e. The van der Waals surface area contributed by atoms with Crippen molar-refractivity contribution in [2.45, 2.75) is 319 Å². The molecule has 792 valence electrons. The largest absolute Gasteiger partial charge is 0.490 e. The highest BCUT2D eigenvalue weighted by molar-refractivity contribution is 5.96. The van der Waals surface area contributed by atoms with Gasteiger partial charge in [-0.1, -0.05) is 89.9 Å². The van der Waals surface area contributed by atoms with Gasteiger partial charge < -0.3 is 65.6 Å². The van der Waals surface area contributed by atoms with Crippen molar-refractivity contribution in [1.82, 2.24) is 67.1 Å². The second-order valence-corrected chi connectivity index (χ2v) is 45.5. The third-order valence-corrected chi connectivity index (χ3v) is 32.4. The molecule has 6 aromatic heterocycles. The van der Waals surface area contributed by atoms with E-state index in [4.69, 9.17) is 28.4 Å². The molecule has 18 atom stereocenters. The molecule has 147 heavy (non-hydrogen) atoms. The summed E-state index contributed by atoms with van der Waals surface area (Å²) in [6.07, 6.45) is 57.8. The molecule has 7 saturated carbocycles. The summed E-state index contributed by atoms with van der Waals surface area (Å²) in [5, 5.41) is 22.9. The Labute approximate surface area is 872 Å². The second kappa shape index (κ2) is 55.4. The lowest BCUT2D eigenvalue weighted by atomic mass is 9.87. The third-order valence-electron chi connectivity index (χ3n) is 32.4. The number of halogens is 1. The van der Waals surface area contributed by atoms with Crippen molar-refractivity contribution in [3.8, 4) is 34.5 Å². The highest BCUT2D eigenvalue weighted by Crippen LogP contribution is 2.55. The summed E-state index contributed by atoms with van der Waals surface area (Å²) in [5.74, 6) is 15.0. The zero-order valence-corrected chi connectivity index (χ0v) is 88.1. The summed E-state index contributed by atoms with van der Waals surface area (Å²) < 4.78 is 48.2. The number of ketones is 5. The molecule has 13 fully saturated rings. The molecule has 26 heteroatoms. The number of carbonyl (C=O) groups excluding carboxylic acids is 6. The SMILES string of the molecule is CC(=O)NCC[C@@H]1C[C@H]1Cc1cncc(OC[C@@H]2CCN2)c1.CC(C)(C)C(=O)CCC[C@H]1C[C@@H]1c1cncc(OC[C@@H]2CCN2)c1.CC(C)C(=O)CCC[C@H]1C[C@@H]1c1cncc(OC[C@@H]2CCN2)c1.O=C(CCC[C@H]1C[C@@H]1c1cncc(OC[C@@H]2CCN2)c1)C1CCCC1.O=C(CCC[C@H]1C[C@@H]1c1cncc(OC[C@@H]2CCN2)c1)c1cccc(F)c1.O=C(CCC[C@H]1C[C@@H]1c1cncc(OC[C@@H]2CCN2)c1)c1ccccc1. The van der Waals surface area contributed by atoms with Gasteiger partial charge in [-0.25, -0.2) is 4.39 Å². The van der Waals surface area contributed by atoms with Gasteiger partial charge in [-0.15, -0.1) is 0 Å². The lowest BCUT2D eigenvalue weighted by Crippen LogP contribution is -2.46. The van der Waals surface area contributed by atoms with Crippen LogP contribution in [0.15, 0.2) is 165 Å². The number of Topliss-reactive ketones (excluding diaryl/α,β-unsaturated/α-hetero) is 5. The van der Waals surface area contributed by atoms with E-state index < -0.39 is 0 Å². The first kappa shape index (κ1) is 109. The molecule has 21 rings (SSSR count). The molecule has 13 aliphatic rings. The fourth-order valence-electron chi connectivity index (χ4n) is 21.2. The van der Waals surface area contributed by atoms with Gasteiger partial charge in [0.05, 0.1) is 37.2 Å². The molecule has 0 radical (unpaired) electrons. The molecule has 8 aromatic rings. The molecular formula is C121H164FN13O12. The highest BCUT2D eigenvalue weighted by Gasteiger charge is 2.44. The van der Waals surface area contributed by atoms with Gasteiger partial charge in [0.2, 0.25) is 5.91 Å². The number of hydrogen-bond acceptors (Lipinski definition) is 24. The van der Waals surface area contributed by atoms with E-state index in [-0.39, 0.29) is 34.6 Å². The van der Waals surface area contributed by atoms with Gasteiger partial charge in [-0.3, -0.25) is 58.7 Å². The van der Waals surface area contributed by atoms with E-state index in [1.54, 1.807) is 43.8 Å². The maximum absolute atomic E-state index is 13.2. The molecule has 6 aliphatic heterocycles. The summed E-state index contributed by atoms with van der Waals surface area (Å²) in [6.45, 7) is 23.3. The van der Waals surface area contributed by atoms with Crippen LogP contribution in [0.3, 0.4) is 0 Å². The van der Waals surface area contributed by atoms with Crippen LogP contribution in [0.4, 0.5) is 4.39 Å². The molecule has 2 aromatic carbocycles. The number of hydrogen-bond donors (Lipinski definition) is 7. The quantitative estimate of drug-likeness (QED) is 0.0174. The topological polar surface area (TPSA) is 319 Å². The Balaban J connectivity index is 0.000000126. The van der Waals surface area contributed by atoms with Crippen molar-refractivity contribution in [2.24, 2.45) is 58.7 Å². The van der Waals surface area contributed by atoms with Crippen molar-refractivity contribution in [3.63, 3.8) is 0 Å². The molecule has 7 N–H and O–H groups in total. The van der Waals surface area contributed by atoms with Crippen LogP contribution < -0.4 is 65.6 Å². The van der Waals surface area contributed by atoms with Crippen molar-refractivity contribution in [2.75, 3.05) is 85.5 Å². The summed E-state index contributed by atoms with van der Waals surface area (Å²) >= 11 is 0. The van der Waals surface area contributed by atoms with Crippen LogP contribution >= 0.6 is 0 Å². The van der Waals surface area contributed by atoms with E-state index in [0.717, 1.165) is 245 Å². The van der Waals surface area contributed by atoms with Crippen molar-refractivity contribution < 1.29 is 61.6 Å². The summed E-state index contributed by atoms with van der Waals surface area (Å²) in [4.78, 5) is 97.0. The van der Waals surface area contributed by atoms with Crippen LogP contribution in [0.25, 0.3) is 0 Å². The minimum atomic E-state index is -0.356.